The van der Waals surface area contributed by atoms with Crippen molar-refractivity contribution in [1.82, 2.24) is 4.98 Å². The average Bonchev–Trinajstić information content (AvgIpc) is 2.68. The molecular formula is C11H12F2N2O. The van der Waals surface area contributed by atoms with Crippen LogP contribution in [0.5, 0.6) is 5.75 Å². The molecule has 1 aromatic heterocycles. The number of hydrogen-bond donors (Lipinski definition) is 3. The van der Waals surface area contributed by atoms with E-state index in [1.165, 1.54) is 0 Å². The van der Waals surface area contributed by atoms with Gasteiger partial charge in [0.2, 0.25) is 0 Å². The molecule has 0 bridgehead atoms. The number of rotatable bonds is 2. The van der Waals surface area contributed by atoms with Gasteiger partial charge in [0, 0.05) is 17.6 Å². The van der Waals surface area contributed by atoms with Gasteiger partial charge in [-0.25, -0.2) is 8.78 Å². The zero-order valence-electron chi connectivity index (χ0n) is 8.72. The Morgan fingerprint density at radius 2 is 2.19 bits per heavy atom. The maximum Gasteiger partial charge on any atom is 0.188 e. The lowest BCUT2D eigenvalue weighted by atomic mass is 10.0. The molecule has 2 rings (SSSR count). The third-order valence-corrected chi connectivity index (χ3v) is 2.75. The average molecular weight is 226 g/mol. The predicted molar refractivity (Wildman–Crippen MR) is 57.3 cm³/mol. The molecule has 0 fully saturated rings. The highest BCUT2D eigenvalue weighted by Crippen LogP contribution is 2.33. The van der Waals surface area contributed by atoms with Gasteiger partial charge in [0.25, 0.3) is 0 Å². The summed E-state index contributed by atoms with van der Waals surface area (Å²) in [6.45, 7) is 2.19. The fourth-order valence-electron chi connectivity index (χ4n) is 1.75. The lowest BCUT2D eigenvalue weighted by Gasteiger charge is -2.07. The van der Waals surface area contributed by atoms with E-state index in [0.29, 0.717) is 17.6 Å². The Morgan fingerprint density at radius 1 is 1.50 bits per heavy atom. The van der Waals surface area contributed by atoms with E-state index < -0.39 is 17.4 Å². The van der Waals surface area contributed by atoms with E-state index in [1.807, 2.05) is 6.92 Å². The van der Waals surface area contributed by atoms with E-state index in [2.05, 4.69) is 4.98 Å². The van der Waals surface area contributed by atoms with Crippen molar-refractivity contribution in [1.29, 1.82) is 0 Å². The number of phenolic OH excluding ortho intramolecular Hbond substituents is 1. The highest BCUT2D eigenvalue weighted by molar-refractivity contribution is 5.86. The van der Waals surface area contributed by atoms with Crippen molar-refractivity contribution < 1.29 is 13.9 Å². The van der Waals surface area contributed by atoms with Crippen LogP contribution in [0.15, 0.2) is 12.3 Å². The van der Waals surface area contributed by atoms with E-state index in [4.69, 9.17) is 5.73 Å². The zero-order valence-corrected chi connectivity index (χ0v) is 8.72. The van der Waals surface area contributed by atoms with Crippen LogP contribution in [0.2, 0.25) is 0 Å². The van der Waals surface area contributed by atoms with Crippen LogP contribution in [0.4, 0.5) is 8.78 Å². The Balaban J connectivity index is 2.76. The molecule has 0 amide bonds. The summed E-state index contributed by atoms with van der Waals surface area (Å²) in [7, 11) is 0. The molecule has 0 aliphatic carbocycles. The molecule has 1 unspecified atom stereocenters. The molecule has 0 radical (unpaired) electrons. The lowest BCUT2D eigenvalue weighted by Crippen LogP contribution is -2.08. The minimum Gasteiger partial charge on any atom is -0.503 e. The Hall–Kier alpha value is -1.62. The highest BCUT2D eigenvalue weighted by atomic mass is 19.1. The summed E-state index contributed by atoms with van der Waals surface area (Å²) in [6.07, 6.45) is 1.59. The topological polar surface area (TPSA) is 62.0 Å². The molecule has 3 nitrogen and oxygen atoms in total. The number of aromatic hydroxyl groups is 1. The van der Waals surface area contributed by atoms with Gasteiger partial charge in [-0.15, -0.1) is 0 Å². The van der Waals surface area contributed by atoms with Crippen molar-refractivity contribution in [3.63, 3.8) is 0 Å². The summed E-state index contributed by atoms with van der Waals surface area (Å²) in [5.41, 5.74) is 6.47. The molecule has 0 aliphatic rings. The Kier molecular flexibility index (Phi) is 2.55. The first-order valence-electron chi connectivity index (χ1n) is 4.94. The van der Waals surface area contributed by atoms with Gasteiger partial charge in [-0.1, -0.05) is 6.92 Å². The van der Waals surface area contributed by atoms with Crippen molar-refractivity contribution >= 4 is 10.9 Å². The van der Waals surface area contributed by atoms with Crippen molar-refractivity contribution in [3.8, 4) is 5.75 Å². The first-order valence-corrected chi connectivity index (χ1v) is 4.94. The third kappa shape index (κ3) is 1.44. The Morgan fingerprint density at radius 3 is 2.81 bits per heavy atom. The van der Waals surface area contributed by atoms with E-state index in [1.54, 1.807) is 6.20 Å². The van der Waals surface area contributed by atoms with Gasteiger partial charge in [-0.2, -0.15) is 0 Å². The first-order chi connectivity index (χ1) is 7.56. The minimum atomic E-state index is -0.973. The van der Waals surface area contributed by atoms with Crippen LogP contribution in [-0.2, 0) is 0 Å². The van der Waals surface area contributed by atoms with Gasteiger partial charge in [-0.3, -0.25) is 0 Å². The summed E-state index contributed by atoms with van der Waals surface area (Å²) in [5.74, 6) is -2.92. The standard InChI is InChI=1S/C11H12F2N2O/c1-5(3-14)6-4-15-8-2-7(12)11(16)10(13)9(6)8/h2,4-5,15-16H,3,14H2,1H3. The molecule has 1 heterocycles. The van der Waals surface area contributed by atoms with E-state index >= 15 is 0 Å². The van der Waals surface area contributed by atoms with Crippen molar-refractivity contribution in [2.45, 2.75) is 12.8 Å². The molecule has 16 heavy (non-hydrogen) atoms. The monoisotopic (exact) mass is 226 g/mol. The largest absolute Gasteiger partial charge is 0.503 e. The van der Waals surface area contributed by atoms with Crippen LogP contribution in [0.3, 0.4) is 0 Å². The van der Waals surface area contributed by atoms with Crippen LogP contribution < -0.4 is 5.73 Å². The van der Waals surface area contributed by atoms with Gasteiger partial charge >= 0.3 is 0 Å². The second-order valence-electron chi connectivity index (χ2n) is 3.82. The van der Waals surface area contributed by atoms with Crippen molar-refractivity contribution in [2.75, 3.05) is 6.54 Å². The van der Waals surface area contributed by atoms with Crippen LogP contribution in [0.25, 0.3) is 10.9 Å². The number of nitrogens with two attached hydrogens (primary N) is 1. The van der Waals surface area contributed by atoms with Gasteiger partial charge in [0.05, 0.1) is 5.52 Å². The second kappa shape index (κ2) is 3.75. The number of phenols is 1. The van der Waals surface area contributed by atoms with Crippen molar-refractivity contribution in [2.24, 2.45) is 5.73 Å². The number of benzene rings is 1. The molecule has 1 aromatic carbocycles. The maximum atomic E-state index is 13.7. The van der Waals surface area contributed by atoms with E-state index in [-0.39, 0.29) is 11.3 Å². The van der Waals surface area contributed by atoms with Gasteiger partial charge < -0.3 is 15.8 Å². The predicted octanol–water partition coefficient (Wildman–Crippen LogP) is 2.21. The Labute approximate surface area is 90.9 Å². The SMILES string of the molecule is CC(CN)c1c[nH]c2cc(F)c(O)c(F)c12. The van der Waals surface area contributed by atoms with E-state index in [9.17, 15) is 13.9 Å². The molecule has 5 heteroatoms. The first kappa shape index (κ1) is 10.9. The number of hydrogen-bond acceptors (Lipinski definition) is 2. The number of halogens is 2. The van der Waals surface area contributed by atoms with Gasteiger partial charge in [-0.05, 0) is 18.0 Å². The third-order valence-electron chi connectivity index (χ3n) is 2.75. The van der Waals surface area contributed by atoms with Gasteiger partial charge in [0.1, 0.15) is 0 Å². The zero-order chi connectivity index (χ0) is 11.9. The molecule has 0 saturated carbocycles. The van der Waals surface area contributed by atoms with Crippen LogP contribution in [0, 0.1) is 11.6 Å². The molecule has 0 aliphatic heterocycles. The number of aromatic nitrogens is 1. The van der Waals surface area contributed by atoms with Crippen LogP contribution >= 0.6 is 0 Å². The molecule has 0 spiro atoms. The lowest BCUT2D eigenvalue weighted by molar-refractivity contribution is 0.400. The molecule has 0 saturated heterocycles. The normalized spacial score (nSPS) is 13.2. The summed E-state index contributed by atoms with van der Waals surface area (Å²) >= 11 is 0. The minimum absolute atomic E-state index is 0.0619. The number of aromatic amines is 1. The summed E-state index contributed by atoms with van der Waals surface area (Å²) < 4.78 is 26.8. The molecule has 1 atom stereocenters. The number of nitrogens with one attached hydrogen (secondary N) is 1. The second-order valence-corrected chi connectivity index (χ2v) is 3.82. The summed E-state index contributed by atoms with van der Waals surface area (Å²) in [6, 6.07) is 1.07. The maximum absolute atomic E-state index is 13.7. The van der Waals surface area contributed by atoms with Crippen LogP contribution in [-0.4, -0.2) is 16.6 Å². The molecule has 2 aromatic rings. The molecule has 4 N–H and O–H groups in total. The summed E-state index contributed by atoms with van der Waals surface area (Å²) in [4.78, 5) is 2.77. The highest BCUT2D eigenvalue weighted by Gasteiger charge is 2.19. The number of fused-ring (bicyclic) bond motifs is 1. The van der Waals surface area contributed by atoms with E-state index in [0.717, 1.165) is 6.07 Å². The molecular weight excluding hydrogens is 214 g/mol. The fourth-order valence-corrected chi connectivity index (χ4v) is 1.75. The fraction of sp³-hybridized carbons (Fsp3) is 0.273. The Bertz CT molecular complexity index is 536. The smallest absolute Gasteiger partial charge is 0.188 e. The van der Waals surface area contributed by atoms with Crippen molar-refractivity contribution in [3.05, 3.63) is 29.5 Å². The number of H-pyrrole nitrogens is 1. The van der Waals surface area contributed by atoms with Crippen LogP contribution in [0.1, 0.15) is 18.4 Å². The summed E-state index contributed by atoms with van der Waals surface area (Å²) in [5, 5.41) is 9.41. The quantitative estimate of drug-likeness (QED) is 0.735. The van der Waals surface area contributed by atoms with Gasteiger partial charge in [0.15, 0.2) is 17.4 Å². The molecule has 86 valence electrons.